The van der Waals surface area contributed by atoms with E-state index in [-0.39, 0.29) is 11.6 Å². The summed E-state index contributed by atoms with van der Waals surface area (Å²) in [4.78, 5) is 25.9. The quantitative estimate of drug-likeness (QED) is 0.550. The van der Waals surface area contributed by atoms with Crippen molar-refractivity contribution in [2.24, 2.45) is 0 Å². The van der Waals surface area contributed by atoms with Crippen LogP contribution < -0.4 is 5.32 Å². The van der Waals surface area contributed by atoms with Gasteiger partial charge in [0.25, 0.3) is 11.6 Å². The number of nitro groups is 1. The van der Waals surface area contributed by atoms with Crippen LogP contribution in [0.4, 0.5) is 5.69 Å². The molecule has 25 heavy (non-hydrogen) atoms. The Hall–Kier alpha value is -3.15. The first kappa shape index (κ1) is 16.7. The van der Waals surface area contributed by atoms with Crippen LogP contribution in [0, 0.1) is 24.0 Å². The van der Waals surface area contributed by atoms with Crippen molar-refractivity contribution in [2.45, 2.75) is 20.3 Å². The molecule has 0 aliphatic heterocycles. The predicted octanol–water partition coefficient (Wildman–Crippen LogP) is 3.67. The lowest BCUT2D eigenvalue weighted by atomic mass is 10.1. The molecule has 1 heterocycles. The number of nitrogens with one attached hydrogen (secondary N) is 2. The van der Waals surface area contributed by atoms with Crippen LogP contribution in [-0.4, -0.2) is 22.4 Å². The van der Waals surface area contributed by atoms with E-state index in [1.807, 2.05) is 6.92 Å². The fourth-order valence-corrected chi connectivity index (χ4v) is 2.98. The van der Waals surface area contributed by atoms with Gasteiger partial charge in [-0.05, 0) is 44.0 Å². The van der Waals surface area contributed by atoms with E-state index < -0.39 is 4.92 Å². The highest BCUT2D eigenvalue weighted by atomic mass is 16.6. The first-order valence-electron chi connectivity index (χ1n) is 8.06. The van der Waals surface area contributed by atoms with Crippen molar-refractivity contribution in [3.8, 4) is 0 Å². The lowest BCUT2D eigenvalue weighted by molar-refractivity contribution is -0.384. The molecule has 2 aromatic carbocycles. The minimum absolute atomic E-state index is 0.0874. The molecule has 0 atom stereocenters. The molecule has 0 bridgehead atoms. The van der Waals surface area contributed by atoms with Gasteiger partial charge in [0.2, 0.25) is 0 Å². The molecule has 1 aromatic heterocycles. The summed E-state index contributed by atoms with van der Waals surface area (Å²) < 4.78 is 0. The second-order valence-corrected chi connectivity index (χ2v) is 6.09. The standard InChI is InChI=1S/C19H19N3O3/c1-12-6-7-18-17(10-12)16(13(2)21-18)8-9-20-19(23)14-4-3-5-15(11-14)22(24)25/h3-7,10-11,21H,8-9H2,1-2H3,(H,20,23). The second kappa shape index (κ2) is 6.76. The summed E-state index contributed by atoms with van der Waals surface area (Å²) in [5, 5.41) is 14.8. The number of hydrogen-bond acceptors (Lipinski definition) is 3. The van der Waals surface area contributed by atoms with Crippen molar-refractivity contribution in [1.82, 2.24) is 10.3 Å². The molecule has 0 aliphatic carbocycles. The molecule has 3 aromatic rings. The van der Waals surface area contributed by atoms with E-state index in [2.05, 4.69) is 35.4 Å². The summed E-state index contributed by atoms with van der Waals surface area (Å²) >= 11 is 0. The first-order chi connectivity index (χ1) is 12.0. The van der Waals surface area contributed by atoms with Crippen LogP contribution in [0.1, 0.15) is 27.2 Å². The summed E-state index contributed by atoms with van der Waals surface area (Å²) in [7, 11) is 0. The number of aromatic nitrogens is 1. The van der Waals surface area contributed by atoms with Gasteiger partial charge in [0.05, 0.1) is 4.92 Å². The van der Waals surface area contributed by atoms with Crippen LogP contribution in [0.2, 0.25) is 0 Å². The van der Waals surface area contributed by atoms with Crippen molar-refractivity contribution in [1.29, 1.82) is 0 Å². The lowest BCUT2D eigenvalue weighted by Crippen LogP contribution is -2.25. The number of aromatic amines is 1. The van der Waals surface area contributed by atoms with E-state index in [1.54, 1.807) is 6.07 Å². The molecule has 0 unspecified atom stereocenters. The highest BCUT2D eigenvalue weighted by Gasteiger charge is 2.12. The van der Waals surface area contributed by atoms with Gasteiger partial charge < -0.3 is 10.3 Å². The average Bonchev–Trinajstić information content (AvgIpc) is 2.90. The Bertz CT molecular complexity index is 960. The third kappa shape index (κ3) is 3.52. The van der Waals surface area contributed by atoms with E-state index >= 15 is 0 Å². The van der Waals surface area contributed by atoms with Crippen LogP contribution in [0.25, 0.3) is 10.9 Å². The number of non-ortho nitro benzene ring substituents is 1. The zero-order chi connectivity index (χ0) is 18.0. The monoisotopic (exact) mass is 337 g/mol. The number of nitro benzene ring substituents is 1. The van der Waals surface area contributed by atoms with Crippen LogP contribution in [0.3, 0.4) is 0 Å². The number of aryl methyl sites for hydroxylation is 2. The zero-order valence-corrected chi connectivity index (χ0v) is 14.1. The Balaban J connectivity index is 1.70. The maximum atomic E-state index is 12.2. The molecular weight excluding hydrogens is 318 g/mol. The van der Waals surface area contributed by atoms with E-state index in [0.29, 0.717) is 18.5 Å². The van der Waals surface area contributed by atoms with Crippen molar-refractivity contribution in [3.63, 3.8) is 0 Å². The number of amides is 1. The minimum atomic E-state index is -0.506. The van der Waals surface area contributed by atoms with Crippen LogP contribution in [0.5, 0.6) is 0 Å². The minimum Gasteiger partial charge on any atom is -0.358 e. The Morgan fingerprint density at radius 1 is 1.20 bits per heavy atom. The number of H-pyrrole nitrogens is 1. The molecule has 0 fully saturated rings. The third-order valence-electron chi connectivity index (χ3n) is 4.25. The molecule has 0 saturated heterocycles. The number of nitrogens with zero attached hydrogens (tertiary/aromatic N) is 1. The van der Waals surface area contributed by atoms with Gasteiger partial charge in [0.15, 0.2) is 0 Å². The Morgan fingerprint density at radius 2 is 2.00 bits per heavy atom. The Kier molecular flexibility index (Phi) is 4.52. The van der Waals surface area contributed by atoms with Crippen molar-refractivity contribution < 1.29 is 9.72 Å². The molecule has 0 saturated carbocycles. The molecule has 0 radical (unpaired) electrons. The van der Waals surface area contributed by atoms with Gasteiger partial charge in [-0.2, -0.15) is 0 Å². The first-order valence-corrected chi connectivity index (χ1v) is 8.06. The van der Waals surface area contributed by atoms with Crippen molar-refractivity contribution in [3.05, 3.63) is 75.0 Å². The number of carbonyl (C=O) groups excluding carboxylic acids is 1. The van der Waals surface area contributed by atoms with Crippen LogP contribution >= 0.6 is 0 Å². The van der Waals surface area contributed by atoms with Gasteiger partial charge in [-0.15, -0.1) is 0 Å². The summed E-state index contributed by atoms with van der Waals surface area (Å²) in [6.07, 6.45) is 0.690. The molecule has 3 rings (SSSR count). The van der Waals surface area contributed by atoms with E-state index in [0.717, 1.165) is 11.2 Å². The largest absolute Gasteiger partial charge is 0.358 e. The molecule has 2 N–H and O–H groups in total. The number of rotatable bonds is 5. The van der Waals surface area contributed by atoms with Gasteiger partial charge in [-0.25, -0.2) is 0 Å². The summed E-state index contributed by atoms with van der Waals surface area (Å²) in [6.45, 7) is 4.53. The van der Waals surface area contributed by atoms with Crippen LogP contribution in [-0.2, 0) is 6.42 Å². The normalized spacial score (nSPS) is 10.8. The predicted molar refractivity (Wildman–Crippen MR) is 96.9 cm³/mol. The van der Waals surface area contributed by atoms with Gasteiger partial charge in [0.1, 0.15) is 0 Å². The SMILES string of the molecule is Cc1ccc2[nH]c(C)c(CCNC(=O)c3cccc([N+](=O)[O-])c3)c2c1. The molecule has 0 spiro atoms. The third-order valence-corrected chi connectivity index (χ3v) is 4.25. The fourth-order valence-electron chi connectivity index (χ4n) is 2.98. The molecule has 6 heteroatoms. The maximum absolute atomic E-state index is 12.2. The highest BCUT2D eigenvalue weighted by molar-refractivity contribution is 5.94. The highest BCUT2D eigenvalue weighted by Crippen LogP contribution is 2.23. The zero-order valence-electron chi connectivity index (χ0n) is 14.1. The molecular formula is C19H19N3O3. The van der Waals surface area contributed by atoms with Crippen molar-refractivity contribution >= 4 is 22.5 Å². The topological polar surface area (TPSA) is 88.0 Å². The van der Waals surface area contributed by atoms with E-state index in [4.69, 9.17) is 0 Å². The van der Waals surface area contributed by atoms with Gasteiger partial charge in [-0.1, -0.05) is 17.7 Å². The Labute approximate surface area is 145 Å². The van der Waals surface area contributed by atoms with Crippen LogP contribution in [0.15, 0.2) is 42.5 Å². The van der Waals surface area contributed by atoms with Gasteiger partial charge >= 0.3 is 0 Å². The average molecular weight is 337 g/mol. The molecule has 128 valence electrons. The smallest absolute Gasteiger partial charge is 0.270 e. The Morgan fingerprint density at radius 3 is 2.76 bits per heavy atom. The van der Waals surface area contributed by atoms with E-state index in [1.165, 1.54) is 34.7 Å². The summed E-state index contributed by atoms with van der Waals surface area (Å²) in [6, 6.07) is 12.0. The lowest BCUT2D eigenvalue weighted by Gasteiger charge is -2.06. The number of hydrogen-bond donors (Lipinski definition) is 2. The van der Waals surface area contributed by atoms with Gasteiger partial charge in [0, 0.05) is 40.8 Å². The second-order valence-electron chi connectivity index (χ2n) is 6.09. The number of benzene rings is 2. The summed E-state index contributed by atoms with van der Waals surface area (Å²) in [5.41, 5.74) is 4.75. The van der Waals surface area contributed by atoms with E-state index in [9.17, 15) is 14.9 Å². The molecule has 6 nitrogen and oxygen atoms in total. The number of carbonyl (C=O) groups is 1. The van der Waals surface area contributed by atoms with Crippen molar-refractivity contribution in [2.75, 3.05) is 6.54 Å². The fraction of sp³-hybridized carbons (Fsp3) is 0.211. The maximum Gasteiger partial charge on any atom is 0.270 e. The molecule has 0 aliphatic rings. The van der Waals surface area contributed by atoms with Gasteiger partial charge in [-0.3, -0.25) is 14.9 Å². The molecule has 1 amide bonds. The summed E-state index contributed by atoms with van der Waals surface area (Å²) in [5.74, 6) is -0.308. The number of fused-ring (bicyclic) bond motifs is 1.